The van der Waals surface area contributed by atoms with E-state index >= 15 is 0 Å². The predicted octanol–water partition coefficient (Wildman–Crippen LogP) is 2.14. The topological polar surface area (TPSA) is 75.6 Å². The van der Waals surface area contributed by atoms with Crippen molar-refractivity contribution in [3.05, 3.63) is 64.7 Å². The lowest BCUT2D eigenvalue weighted by atomic mass is 10.1. The van der Waals surface area contributed by atoms with Crippen molar-refractivity contribution in [1.29, 1.82) is 0 Å². The number of carboxylic acids is 1. The van der Waals surface area contributed by atoms with Gasteiger partial charge in [0.2, 0.25) is 0 Å². The van der Waals surface area contributed by atoms with E-state index in [1.165, 1.54) is 0 Å². The van der Waals surface area contributed by atoms with Crippen molar-refractivity contribution in [2.45, 2.75) is 19.6 Å². The number of fused-ring (bicyclic) bond motifs is 1. The number of benzene rings is 2. The van der Waals surface area contributed by atoms with E-state index in [4.69, 9.17) is 9.84 Å². The number of rotatable bonds is 5. The molecule has 5 heteroatoms. The molecule has 1 aliphatic heterocycles. The molecule has 1 amide bonds. The molecule has 0 saturated carbocycles. The minimum Gasteiger partial charge on any atom is -0.489 e. The summed E-state index contributed by atoms with van der Waals surface area (Å²) in [4.78, 5) is 22.2. The normalized spacial score (nSPS) is 12.6. The zero-order valence-corrected chi connectivity index (χ0v) is 11.8. The molecule has 0 atom stereocenters. The van der Waals surface area contributed by atoms with Crippen LogP contribution in [0, 0.1) is 0 Å². The number of nitrogens with one attached hydrogen (secondary N) is 1. The molecule has 0 unspecified atom stereocenters. The van der Waals surface area contributed by atoms with Gasteiger partial charge in [0.25, 0.3) is 5.91 Å². The van der Waals surface area contributed by atoms with Gasteiger partial charge in [-0.25, -0.2) is 0 Å². The van der Waals surface area contributed by atoms with Crippen LogP contribution in [0.4, 0.5) is 0 Å². The Morgan fingerprint density at radius 3 is 2.59 bits per heavy atom. The Morgan fingerprint density at radius 1 is 1.14 bits per heavy atom. The first kappa shape index (κ1) is 14.1. The van der Waals surface area contributed by atoms with E-state index < -0.39 is 5.97 Å². The molecule has 1 aliphatic rings. The summed E-state index contributed by atoms with van der Waals surface area (Å²) in [5.74, 6) is -0.218. The van der Waals surface area contributed by atoms with Crippen molar-refractivity contribution in [3.8, 4) is 5.75 Å². The third-order valence-corrected chi connectivity index (χ3v) is 3.58. The summed E-state index contributed by atoms with van der Waals surface area (Å²) in [6.07, 6.45) is 0.0150. The first-order chi connectivity index (χ1) is 10.6. The van der Waals surface area contributed by atoms with E-state index in [-0.39, 0.29) is 12.3 Å². The van der Waals surface area contributed by atoms with Crippen LogP contribution in [0.2, 0.25) is 0 Å². The average Bonchev–Trinajstić information content (AvgIpc) is 2.88. The Hall–Kier alpha value is -2.82. The van der Waals surface area contributed by atoms with E-state index in [9.17, 15) is 9.59 Å². The fraction of sp³-hybridized carbons (Fsp3) is 0.176. The van der Waals surface area contributed by atoms with Gasteiger partial charge >= 0.3 is 5.97 Å². The third kappa shape index (κ3) is 2.93. The molecule has 5 nitrogen and oxygen atoms in total. The van der Waals surface area contributed by atoms with E-state index in [1.807, 2.05) is 18.2 Å². The summed E-state index contributed by atoms with van der Waals surface area (Å²) in [5.41, 5.74) is 3.25. The van der Waals surface area contributed by atoms with Crippen LogP contribution in [0.25, 0.3) is 0 Å². The second-order valence-corrected chi connectivity index (χ2v) is 5.14. The molecule has 2 aromatic rings. The molecule has 0 radical (unpaired) electrons. The van der Waals surface area contributed by atoms with Crippen LogP contribution in [0.3, 0.4) is 0 Å². The monoisotopic (exact) mass is 297 g/mol. The lowest BCUT2D eigenvalue weighted by molar-refractivity contribution is -0.136. The maximum absolute atomic E-state index is 11.6. The predicted molar refractivity (Wildman–Crippen MR) is 79.7 cm³/mol. The van der Waals surface area contributed by atoms with E-state index in [2.05, 4.69) is 5.32 Å². The number of hydrogen-bond acceptors (Lipinski definition) is 3. The quantitative estimate of drug-likeness (QED) is 0.886. The highest BCUT2D eigenvalue weighted by Crippen LogP contribution is 2.26. The van der Waals surface area contributed by atoms with Crippen molar-refractivity contribution < 1.29 is 19.4 Å². The van der Waals surface area contributed by atoms with Crippen molar-refractivity contribution in [2.75, 3.05) is 0 Å². The molecule has 22 heavy (non-hydrogen) atoms. The van der Waals surface area contributed by atoms with Gasteiger partial charge in [-0.2, -0.15) is 0 Å². The van der Waals surface area contributed by atoms with Gasteiger partial charge in [-0.05, 0) is 23.3 Å². The SMILES string of the molecule is O=C(O)Cc1ccc(COc2cccc3c2CNC3=O)cc1. The van der Waals surface area contributed by atoms with Crippen molar-refractivity contribution in [2.24, 2.45) is 0 Å². The first-order valence-corrected chi connectivity index (χ1v) is 6.96. The molecule has 2 N–H and O–H groups in total. The van der Waals surface area contributed by atoms with Crippen LogP contribution in [-0.4, -0.2) is 17.0 Å². The lowest BCUT2D eigenvalue weighted by Gasteiger charge is -2.10. The first-order valence-electron chi connectivity index (χ1n) is 6.96. The molecule has 0 aliphatic carbocycles. The number of carboxylic acid groups (broad SMARTS) is 1. The Kier molecular flexibility index (Phi) is 3.78. The minimum atomic E-state index is -0.846. The van der Waals surface area contributed by atoms with Crippen LogP contribution in [0.1, 0.15) is 27.0 Å². The van der Waals surface area contributed by atoms with Gasteiger partial charge < -0.3 is 15.2 Å². The van der Waals surface area contributed by atoms with Gasteiger partial charge in [0.15, 0.2) is 0 Å². The third-order valence-electron chi connectivity index (χ3n) is 3.58. The Morgan fingerprint density at radius 2 is 1.86 bits per heavy atom. The summed E-state index contributed by atoms with van der Waals surface area (Å²) in [5, 5.41) is 11.5. The van der Waals surface area contributed by atoms with Gasteiger partial charge in [-0.3, -0.25) is 9.59 Å². The molecule has 112 valence electrons. The molecule has 0 spiro atoms. The van der Waals surface area contributed by atoms with E-state index in [1.54, 1.807) is 24.3 Å². The number of ether oxygens (including phenoxy) is 1. The Labute approximate surface area is 127 Å². The fourth-order valence-corrected chi connectivity index (χ4v) is 2.45. The molecular weight excluding hydrogens is 282 g/mol. The van der Waals surface area contributed by atoms with E-state index in [0.29, 0.717) is 24.5 Å². The van der Waals surface area contributed by atoms with Gasteiger partial charge in [0.1, 0.15) is 12.4 Å². The van der Waals surface area contributed by atoms with Crippen molar-refractivity contribution >= 4 is 11.9 Å². The smallest absolute Gasteiger partial charge is 0.307 e. The van der Waals surface area contributed by atoms with Gasteiger partial charge in [-0.1, -0.05) is 30.3 Å². The van der Waals surface area contributed by atoms with Crippen molar-refractivity contribution in [3.63, 3.8) is 0 Å². The van der Waals surface area contributed by atoms with Crippen LogP contribution in [0.5, 0.6) is 5.75 Å². The van der Waals surface area contributed by atoms with Gasteiger partial charge in [-0.15, -0.1) is 0 Å². The second kappa shape index (κ2) is 5.89. The standard InChI is InChI=1S/C17H15NO4/c19-16(20)8-11-4-6-12(7-5-11)10-22-15-3-1-2-13-14(15)9-18-17(13)21/h1-7H,8-10H2,(H,18,21)(H,19,20). The summed E-state index contributed by atoms with van der Waals surface area (Å²) in [7, 11) is 0. The lowest BCUT2D eigenvalue weighted by Crippen LogP contribution is -2.12. The Balaban J connectivity index is 1.68. The zero-order chi connectivity index (χ0) is 15.5. The summed E-state index contributed by atoms with van der Waals surface area (Å²) in [6, 6.07) is 12.7. The summed E-state index contributed by atoms with van der Waals surface area (Å²) >= 11 is 0. The molecule has 1 heterocycles. The van der Waals surface area contributed by atoms with Crippen LogP contribution < -0.4 is 10.1 Å². The Bertz CT molecular complexity index is 722. The highest BCUT2D eigenvalue weighted by atomic mass is 16.5. The summed E-state index contributed by atoms with van der Waals surface area (Å²) in [6.45, 7) is 0.861. The fourth-order valence-electron chi connectivity index (χ4n) is 2.45. The number of carbonyl (C=O) groups is 2. The number of amides is 1. The van der Waals surface area contributed by atoms with Gasteiger partial charge in [0.05, 0.1) is 6.42 Å². The van der Waals surface area contributed by atoms with Crippen LogP contribution in [0.15, 0.2) is 42.5 Å². The highest BCUT2D eigenvalue weighted by molar-refractivity contribution is 5.99. The maximum atomic E-state index is 11.6. The maximum Gasteiger partial charge on any atom is 0.307 e. The average molecular weight is 297 g/mol. The largest absolute Gasteiger partial charge is 0.489 e. The van der Waals surface area contributed by atoms with Gasteiger partial charge in [0, 0.05) is 17.7 Å². The molecule has 0 saturated heterocycles. The molecule has 2 aromatic carbocycles. The number of aliphatic carboxylic acids is 1. The highest BCUT2D eigenvalue weighted by Gasteiger charge is 2.21. The van der Waals surface area contributed by atoms with Crippen molar-refractivity contribution in [1.82, 2.24) is 5.32 Å². The second-order valence-electron chi connectivity index (χ2n) is 5.14. The molecule has 0 bridgehead atoms. The van der Waals surface area contributed by atoms with Crippen LogP contribution in [-0.2, 0) is 24.4 Å². The molecule has 3 rings (SSSR count). The molecule has 0 fully saturated rings. The van der Waals surface area contributed by atoms with Crippen LogP contribution >= 0.6 is 0 Å². The molecular formula is C17H15NO4. The number of hydrogen-bond donors (Lipinski definition) is 2. The number of carbonyl (C=O) groups excluding carboxylic acids is 1. The molecule has 0 aromatic heterocycles. The zero-order valence-electron chi connectivity index (χ0n) is 11.8. The summed E-state index contributed by atoms with van der Waals surface area (Å²) < 4.78 is 5.80. The minimum absolute atomic E-state index is 0.0150. The van der Waals surface area contributed by atoms with E-state index in [0.717, 1.165) is 16.7 Å².